The topological polar surface area (TPSA) is 326 Å². The molecule has 1 saturated heterocycles. The van der Waals surface area contributed by atoms with Crippen LogP contribution in [-0.4, -0.2) is 303 Å². The minimum atomic E-state index is -0.906. The number of nitrogens with one attached hydrogen (secondary N) is 5. The van der Waals surface area contributed by atoms with Gasteiger partial charge in [0.2, 0.25) is 11.8 Å². The van der Waals surface area contributed by atoms with E-state index in [0.717, 1.165) is 11.1 Å². The maximum absolute atomic E-state index is 13.3. The van der Waals surface area contributed by atoms with Crippen LogP contribution in [0.25, 0.3) is 11.1 Å². The van der Waals surface area contributed by atoms with Crippen molar-refractivity contribution < 1.29 is 67.2 Å². The van der Waals surface area contributed by atoms with E-state index in [9.17, 15) is 24.6 Å². The fraction of sp³-hybridized carbons (Fsp3) is 0.727. The first kappa shape index (κ1) is 69.4. The van der Waals surface area contributed by atoms with Gasteiger partial charge in [0.05, 0.1) is 119 Å². The van der Waals surface area contributed by atoms with Gasteiger partial charge in [-0.15, -0.1) is 0 Å². The summed E-state index contributed by atoms with van der Waals surface area (Å²) in [5.74, 6) is -0.326. The third kappa shape index (κ3) is 31.9. The van der Waals surface area contributed by atoms with Gasteiger partial charge < -0.3 is 86.0 Å². The van der Waals surface area contributed by atoms with Gasteiger partial charge in [-0.3, -0.25) is 39.8 Å². The summed E-state index contributed by atoms with van der Waals surface area (Å²) >= 11 is 0. The van der Waals surface area contributed by atoms with Crippen molar-refractivity contribution in [3.63, 3.8) is 0 Å². The van der Waals surface area contributed by atoms with E-state index < -0.39 is 18.5 Å². The largest absolute Gasteiger partial charge is 0.449 e. The minimum Gasteiger partial charge on any atom is -0.449 e. The molecule has 1 heterocycles. The van der Waals surface area contributed by atoms with Gasteiger partial charge in [0.15, 0.2) is 0 Å². The maximum atomic E-state index is 13.3. The summed E-state index contributed by atoms with van der Waals surface area (Å²) in [5, 5.41) is 37.3. The Kier molecular flexibility index (Phi) is 38.8. The number of aliphatic hydroxyl groups is 2. The van der Waals surface area contributed by atoms with E-state index in [1.54, 1.807) is 0 Å². The van der Waals surface area contributed by atoms with Crippen LogP contribution in [0.3, 0.4) is 0 Å². The zero-order valence-electron chi connectivity index (χ0n) is 47.8. The average Bonchev–Trinajstić information content (AvgIpc) is 3.69. The van der Waals surface area contributed by atoms with Crippen molar-refractivity contribution in [3.8, 4) is 11.1 Å². The lowest BCUT2D eigenvalue weighted by atomic mass is 9.98. The highest BCUT2D eigenvalue weighted by atomic mass is 16.6. The number of alkyl carbamates (subject to hydrolysis) is 1. The van der Waals surface area contributed by atoms with Crippen LogP contribution in [0, 0.1) is 0 Å². The second-order valence-electron chi connectivity index (χ2n) is 19.3. The third-order valence-corrected chi connectivity index (χ3v) is 13.1. The van der Waals surface area contributed by atoms with Crippen LogP contribution in [-0.2, 0) is 52.2 Å². The number of nitrogens with two attached hydrogens (primary N) is 3. The van der Waals surface area contributed by atoms with Crippen molar-refractivity contribution in [2.75, 3.05) is 243 Å². The molecule has 0 bridgehead atoms. The molecular formula is C55H98N12O14. The predicted molar refractivity (Wildman–Crippen MR) is 307 cm³/mol. The van der Waals surface area contributed by atoms with Crippen molar-refractivity contribution in [2.24, 2.45) is 17.2 Å². The van der Waals surface area contributed by atoms with E-state index in [1.165, 1.54) is 11.1 Å². The van der Waals surface area contributed by atoms with Crippen LogP contribution in [0.1, 0.15) is 17.0 Å². The van der Waals surface area contributed by atoms with Crippen molar-refractivity contribution in [3.05, 3.63) is 59.7 Å². The smallest absolute Gasteiger partial charge is 0.407 e. The van der Waals surface area contributed by atoms with E-state index in [2.05, 4.69) is 70.4 Å². The number of fused-ring (bicyclic) bond motifs is 3. The van der Waals surface area contributed by atoms with Gasteiger partial charge in [-0.2, -0.15) is 0 Å². The number of rotatable bonds is 45. The molecule has 1 fully saturated rings. The molecule has 2 aromatic rings. The Bertz CT molecular complexity index is 1840. The minimum absolute atomic E-state index is 0.0173. The van der Waals surface area contributed by atoms with Gasteiger partial charge in [0.1, 0.15) is 19.1 Å². The van der Waals surface area contributed by atoms with E-state index in [0.29, 0.717) is 204 Å². The molecule has 26 nitrogen and oxygen atoms in total. The van der Waals surface area contributed by atoms with Crippen molar-refractivity contribution >= 4 is 17.9 Å². The Balaban J connectivity index is 1.25. The number of nitrogens with zero attached hydrogens (tertiary/aromatic N) is 4. The van der Waals surface area contributed by atoms with Gasteiger partial charge in [-0.05, 0) is 22.3 Å². The predicted octanol–water partition coefficient (Wildman–Crippen LogP) is -3.20. The Labute approximate surface area is 479 Å². The number of hydrogen-bond donors (Lipinski definition) is 10. The van der Waals surface area contributed by atoms with Crippen molar-refractivity contribution in [2.45, 2.75) is 18.4 Å². The maximum Gasteiger partial charge on any atom is 0.407 e. The first-order chi connectivity index (χ1) is 39.7. The fourth-order valence-corrected chi connectivity index (χ4v) is 8.93. The number of aliphatic hydroxyl groups excluding tert-OH is 2. The number of β-amino-alcohol motifs (C(OH)–C–C–N with tert-alkyl or cyclic N) is 2. The van der Waals surface area contributed by atoms with Gasteiger partial charge in [-0.1, -0.05) is 48.5 Å². The number of benzene rings is 2. The molecule has 26 heteroatoms. The Morgan fingerprint density at radius 1 is 0.444 bits per heavy atom. The SMILES string of the molecule is NCCOCCOCCNC(=O)CN1CCN(CC(O)NCCOCCOCCN)CCN(CC(=O)NCCOCCOCCN)CCN(CC(O)NCCOCCOCCNC(=O)OCC2c3ccccc3-c3ccccc32)CC1. The number of hydrogen-bond acceptors (Lipinski definition) is 23. The van der Waals surface area contributed by atoms with E-state index in [1.807, 2.05) is 24.3 Å². The molecule has 4 rings (SSSR count). The standard InChI is InChI=1S/C55H98N12O14/c56-9-25-73-33-36-76-28-12-59-51(68)41-64-17-19-65(42-52(69)60-13-29-77-37-34-74-26-10-57)21-23-67(24-22-66(20-18-64)43-53(70)61-14-30-78-38-35-75-27-11-58)44-54(71)62-15-31-79-39-40-80-32-16-63-55(72)81-45-50-48-7-3-1-5-46(48)47-6-2-4-8-49(47)50/h1-8,50-51,54,59,62,68,71H,9-45,56-58H2,(H,60,69)(H,61,70)(H,63,72). The van der Waals surface area contributed by atoms with Gasteiger partial charge >= 0.3 is 6.09 Å². The lowest BCUT2D eigenvalue weighted by Crippen LogP contribution is -2.52. The number of ether oxygens (including phenoxy) is 9. The fourth-order valence-electron chi connectivity index (χ4n) is 8.93. The monoisotopic (exact) mass is 1150 g/mol. The molecule has 0 aromatic heterocycles. The third-order valence-electron chi connectivity index (χ3n) is 13.1. The van der Waals surface area contributed by atoms with Gasteiger partial charge in [-0.25, -0.2) is 4.79 Å². The first-order valence-corrected chi connectivity index (χ1v) is 28.8. The highest BCUT2D eigenvalue weighted by molar-refractivity contribution is 5.79. The molecule has 0 saturated carbocycles. The van der Waals surface area contributed by atoms with Crippen molar-refractivity contribution in [1.29, 1.82) is 0 Å². The first-order valence-electron chi connectivity index (χ1n) is 28.8. The molecule has 0 radical (unpaired) electrons. The van der Waals surface area contributed by atoms with Crippen LogP contribution in [0.2, 0.25) is 0 Å². The molecule has 0 spiro atoms. The molecule has 3 amide bonds. The highest BCUT2D eigenvalue weighted by Crippen LogP contribution is 2.44. The Morgan fingerprint density at radius 3 is 1.14 bits per heavy atom. The Hall–Kier alpha value is -4.11. The summed E-state index contributed by atoms with van der Waals surface area (Å²) in [6, 6.07) is 16.4. The Morgan fingerprint density at radius 2 is 0.765 bits per heavy atom. The van der Waals surface area contributed by atoms with Crippen LogP contribution in [0.4, 0.5) is 4.79 Å². The molecule has 2 unspecified atom stereocenters. The van der Waals surface area contributed by atoms with Crippen LogP contribution >= 0.6 is 0 Å². The average molecular weight is 1150 g/mol. The highest BCUT2D eigenvalue weighted by Gasteiger charge is 2.29. The molecule has 1 aliphatic carbocycles. The molecule has 2 aliphatic rings. The van der Waals surface area contributed by atoms with E-state index >= 15 is 0 Å². The molecular weight excluding hydrogens is 1050 g/mol. The summed E-state index contributed by atoms with van der Waals surface area (Å²) in [6.45, 7) is 14.4. The normalized spacial score (nSPS) is 15.8. The summed E-state index contributed by atoms with van der Waals surface area (Å²) < 4.78 is 49.9. The molecule has 1 aliphatic heterocycles. The molecule has 81 heavy (non-hydrogen) atoms. The van der Waals surface area contributed by atoms with Gasteiger partial charge in [0, 0.05) is 124 Å². The quantitative estimate of drug-likeness (QED) is 0.0231. The van der Waals surface area contributed by atoms with E-state index in [4.69, 9.17) is 59.8 Å². The molecule has 2 aromatic carbocycles. The zero-order chi connectivity index (χ0) is 57.8. The summed E-state index contributed by atoms with van der Waals surface area (Å²) in [7, 11) is 0. The molecule has 13 N–H and O–H groups in total. The lowest BCUT2D eigenvalue weighted by molar-refractivity contribution is -0.123. The summed E-state index contributed by atoms with van der Waals surface area (Å²) in [5.41, 5.74) is 21.1. The number of carbonyl (C=O) groups excluding carboxylic acids is 3. The second-order valence-corrected chi connectivity index (χ2v) is 19.3. The number of carbonyl (C=O) groups is 3. The van der Waals surface area contributed by atoms with Crippen LogP contribution in [0.15, 0.2) is 48.5 Å². The summed E-state index contributed by atoms with van der Waals surface area (Å²) in [4.78, 5) is 47.6. The molecule has 462 valence electrons. The zero-order valence-corrected chi connectivity index (χ0v) is 47.8. The van der Waals surface area contributed by atoms with Crippen LogP contribution < -0.4 is 43.8 Å². The van der Waals surface area contributed by atoms with Gasteiger partial charge in [0.25, 0.3) is 0 Å². The van der Waals surface area contributed by atoms with E-state index in [-0.39, 0.29) is 57.1 Å². The second kappa shape index (κ2) is 45.3. The van der Waals surface area contributed by atoms with Crippen LogP contribution in [0.5, 0.6) is 0 Å². The summed E-state index contributed by atoms with van der Waals surface area (Å²) in [6.07, 6.45) is -2.27. The lowest BCUT2D eigenvalue weighted by Gasteiger charge is -2.35. The molecule has 2 atom stereocenters. The van der Waals surface area contributed by atoms with Crippen molar-refractivity contribution in [1.82, 2.24) is 46.2 Å². The number of amides is 3.